The molecule has 4 rings (SSSR count). The molecular weight excluding hydrogens is 354 g/mol. The quantitative estimate of drug-likeness (QED) is 0.723. The van der Waals surface area contributed by atoms with Crippen molar-refractivity contribution < 1.29 is 28.6 Å². The summed E-state index contributed by atoms with van der Waals surface area (Å²) >= 11 is 0. The fraction of sp³-hybridized carbons (Fsp3) is 0.714. The fourth-order valence-electron chi connectivity index (χ4n) is 6.45. The van der Waals surface area contributed by atoms with Crippen molar-refractivity contribution in [1.82, 2.24) is 0 Å². The van der Waals surface area contributed by atoms with Gasteiger partial charge in [0.05, 0.1) is 0 Å². The molecule has 0 heterocycles. The number of rotatable bonds is 2. The third-order valence-corrected chi connectivity index (χ3v) is 8.25. The molecule has 0 bridgehead atoms. The van der Waals surface area contributed by atoms with Gasteiger partial charge in [0, 0.05) is 23.2 Å². The van der Waals surface area contributed by atoms with Gasteiger partial charge in [-0.2, -0.15) is 0 Å². The van der Waals surface area contributed by atoms with Crippen LogP contribution in [-0.4, -0.2) is 45.8 Å². The number of Topliss-reactive ketones (excluding diaryl/α,β-unsaturated/α-hetero) is 1. The summed E-state index contributed by atoms with van der Waals surface area (Å²) in [5.41, 5.74) is -5.52. The van der Waals surface area contributed by atoms with Gasteiger partial charge in [0.2, 0.25) is 0 Å². The second-order valence-corrected chi connectivity index (χ2v) is 9.18. The molecule has 7 atom stereocenters. The largest absolute Gasteiger partial charge is 0.388 e. The number of aliphatic hydroxyl groups excluding tert-OH is 1. The molecule has 4 nitrogen and oxygen atoms in total. The minimum absolute atomic E-state index is 0.0702. The van der Waals surface area contributed by atoms with Crippen LogP contribution in [0.5, 0.6) is 0 Å². The standard InChI is InChI=1S/C21H26F2O4/c1-18-5-3-12(25)9-15(18)16(22)10-14-13-4-6-21(27,17(26)11-24)19(13,2)7-8-20(14,18)23/h7-9,13-14,16,24,27H,3-6,10-11H2,1-2H3/t13-,14-,16?,18-,19-,20+,21-/m0/s1. The Labute approximate surface area is 157 Å². The average Bonchev–Trinajstić information content (AvgIpc) is 2.91. The molecule has 0 saturated heterocycles. The molecule has 4 aliphatic rings. The van der Waals surface area contributed by atoms with Crippen molar-refractivity contribution in [2.45, 2.75) is 63.4 Å². The van der Waals surface area contributed by atoms with Gasteiger partial charge in [-0.15, -0.1) is 0 Å². The van der Waals surface area contributed by atoms with Crippen LogP contribution in [0.2, 0.25) is 0 Å². The molecule has 2 fully saturated rings. The second-order valence-electron chi connectivity index (χ2n) is 9.18. The van der Waals surface area contributed by atoms with E-state index >= 15 is 8.78 Å². The zero-order chi connectivity index (χ0) is 19.8. The Morgan fingerprint density at radius 3 is 2.63 bits per heavy atom. The Hall–Kier alpha value is -1.40. The number of aliphatic hydroxyl groups is 2. The summed E-state index contributed by atoms with van der Waals surface area (Å²) in [4.78, 5) is 24.1. The first kappa shape index (κ1) is 18.9. The second kappa shape index (κ2) is 5.57. The molecule has 6 heteroatoms. The highest BCUT2D eigenvalue weighted by Gasteiger charge is 2.70. The molecule has 27 heavy (non-hydrogen) atoms. The van der Waals surface area contributed by atoms with Gasteiger partial charge in [-0.1, -0.05) is 19.9 Å². The lowest BCUT2D eigenvalue weighted by Gasteiger charge is -2.59. The van der Waals surface area contributed by atoms with Crippen LogP contribution in [0.3, 0.4) is 0 Å². The molecule has 0 aliphatic heterocycles. The van der Waals surface area contributed by atoms with E-state index in [4.69, 9.17) is 0 Å². The fourth-order valence-corrected chi connectivity index (χ4v) is 6.45. The molecule has 2 N–H and O–H groups in total. The van der Waals surface area contributed by atoms with Gasteiger partial charge in [-0.25, -0.2) is 8.78 Å². The van der Waals surface area contributed by atoms with Crippen molar-refractivity contribution in [1.29, 1.82) is 0 Å². The van der Waals surface area contributed by atoms with Gasteiger partial charge >= 0.3 is 0 Å². The summed E-state index contributed by atoms with van der Waals surface area (Å²) in [5, 5.41) is 20.4. The number of allylic oxidation sites excluding steroid dienone is 3. The molecule has 2 saturated carbocycles. The van der Waals surface area contributed by atoms with E-state index in [-0.39, 0.29) is 37.0 Å². The van der Waals surface area contributed by atoms with E-state index in [1.807, 2.05) is 0 Å². The molecular formula is C21H26F2O4. The third kappa shape index (κ3) is 2.09. The van der Waals surface area contributed by atoms with Crippen LogP contribution in [0.25, 0.3) is 0 Å². The highest BCUT2D eigenvalue weighted by Crippen LogP contribution is 2.68. The lowest BCUT2D eigenvalue weighted by molar-refractivity contribution is -0.156. The zero-order valence-corrected chi connectivity index (χ0v) is 15.7. The molecule has 1 unspecified atom stereocenters. The van der Waals surface area contributed by atoms with E-state index in [1.54, 1.807) is 19.9 Å². The van der Waals surface area contributed by atoms with Gasteiger partial charge in [0.1, 0.15) is 24.0 Å². The van der Waals surface area contributed by atoms with E-state index in [9.17, 15) is 19.8 Å². The van der Waals surface area contributed by atoms with E-state index in [0.29, 0.717) is 6.42 Å². The number of carbonyl (C=O) groups is 2. The normalized spacial score (nSPS) is 51.3. The maximum atomic E-state index is 16.6. The maximum absolute atomic E-state index is 16.6. The molecule has 0 spiro atoms. The summed E-state index contributed by atoms with van der Waals surface area (Å²) in [6, 6.07) is 0. The highest BCUT2D eigenvalue weighted by atomic mass is 19.1. The lowest BCUT2D eigenvalue weighted by Crippen LogP contribution is -2.63. The molecule has 0 amide bonds. The first-order valence-corrected chi connectivity index (χ1v) is 9.68. The molecule has 0 aromatic carbocycles. The Bertz CT molecular complexity index is 776. The monoisotopic (exact) mass is 380 g/mol. The van der Waals surface area contributed by atoms with Crippen molar-refractivity contribution >= 4 is 11.6 Å². The van der Waals surface area contributed by atoms with Gasteiger partial charge < -0.3 is 10.2 Å². The smallest absolute Gasteiger partial charge is 0.190 e. The number of fused-ring (bicyclic) bond motifs is 5. The number of ketones is 2. The third-order valence-electron chi connectivity index (χ3n) is 8.25. The van der Waals surface area contributed by atoms with Crippen molar-refractivity contribution in [3.05, 3.63) is 23.8 Å². The average molecular weight is 380 g/mol. The van der Waals surface area contributed by atoms with Crippen molar-refractivity contribution in [2.75, 3.05) is 6.61 Å². The van der Waals surface area contributed by atoms with Crippen LogP contribution in [0.1, 0.15) is 46.0 Å². The van der Waals surface area contributed by atoms with E-state index < -0.39 is 52.5 Å². The van der Waals surface area contributed by atoms with Gasteiger partial charge in [0.25, 0.3) is 0 Å². The summed E-state index contributed by atoms with van der Waals surface area (Å²) < 4.78 is 31.7. The predicted molar refractivity (Wildman–Crippen MR) is 94.3 cm³/mol. The predicted octanol–water partition coefficient (Wildman–Crippen LogP) is 2.63. The maximum Gasteiger partial charge on any atom is 0.190 e. The lowest BCUT2D eigenvalue weighted by atomic mass is 9.47. The van der Waals surface area contributed by atoms with Crippen LogP contribution >= 0.6 is 0 Å². The van der Waals surface area contributed by atoms with Crippen LogP contribution < -0.4 is 0 Å². The van der Waals surface area contributed by atoms with Gasteiger partial charge in [0.15, 0.2) is 11.6 Å². The van der Waals surface area contributed by atoms with Crippen LogP contribution in [-0.2, 0) is 9.59 Å². The Kier molecular flexibility index (Phi) is 3.91. The zero-order valence-electron chi connectivity index (χ0n) is 15.7. The van der Waals surface area contributed by atoms with Crippen molar-refractivity contribution in [3.63, 3.8) is 0 Å². The van der Waals surface area contributed by atoms with E-state index in [1.165, 1.54) is 12.2 Å². The van der Waals surface area contributed by atoms with E-state index in [2.05, 4.69) is 0 Å². The first-order chi connectivity index (χ1) is 12.5. The molecule has 0 radical (unpaired) electrons. The van der Waals surface area contributed by atoms with Crippen molar-refractivity contribution in [3.8, 4) is 0 Å². The highest BCUT2D eigenvalue weighted by molar-refractivity contribution is 5.92. The Morgan fingerprint density at radius 1 is 1.26 bits per heavy atom. The number of carbonyl (C=O) groups excluding carboxylic acids is 2. The van der Waals surface area contributed by atoms with Crippen LogP contribution in [0, 0.1) is 22.7 Å². The minimum Gasteiger partial charge on any atom is -0.388 e. The Balaban J connectivity index is 1.85. The number of halogens is 2. The molecule has 148 valence electrons. The van der Waals surface area contributed by atoms with E-state index in [0.717, 1.165) is 0 Å². The Morgan fingerprint density at radius 2 is 1.96 bits per heavy atom. The summed E-state index contributed by atoms with van der Waals surface area (Å²) in [5.74, 6) is -1.95. The first-order valence-electron chi connectivity index (χ1n) is 9.68. The van der Waals surface area contributed by atoms with Crippen LogP contribution in [0.4, 0.5) is 8.78 Å². The van der Waals surface area contributed by atoms with Gasteiger partial charge in [-0.3, -0.25) is 9.59 Å². The minimum atomic E-state index is -1.83. The molecule has 4 aliphatic carbocycles. The van der Waals surface area contributed by atoms with Gasteiger partial charge in [-0.05, 0) is 49.3 Å². The van der Waals surface area contributed by atoms with Crippen LogP contribution in [0.15, 0.2) is 23.8 Å². The number of hydrogen-bond acceptors (Lipinski definition) is 4. The summed E-state index contributed by atoms with van der Waals surface area (Å²) in [6.45, 7) is 2.62. The number of alkyl halides is 2. The number of hydrogen-bond donors (Lipinski definition) is 2. The topological polar surface area (TPSA) is 74.6 Å². The molecule has 0 aromatic heterocycles. The summed E-state index contributed by atoms with van der Waals surface area (Å²) in [7, 11) is 0. The summed E-state index contributed by atoms with van der Waals surface area (Å²) in [6.07, 6.45) is 3.74. The molecule has 0 aromatic rings. The SMILES string of the molecule is C[C@]12CCC(=O)C=C1C(F)C[C@H]1[C@@H]3CC[C@](O)(C(=O)CO)[C@@]3(C)C=C[C@@]12F. The van der Waals surface area contributed by atoms with Crippen molar-refractivity contribution in [2.24, 2.45) is 22.7 Å².